The van der Waals surface area contributed by atoms with E-state index in [1.54, 1.807) is 0 Å². The highest BCUT2D eigenvalue weighted by molar-refractivity contribution is 6.35. The molecule has 1 heterocycles. The minimum Gasteiger partial charge on any atom is -0.481 e. The van der Waals surface area contributed by atoms with E-state index >= 15 is 0 Å². The van der Waals surface area contributed by atoms with Gasteiger partial charge in [-0.05, 0) is 6.07 Å². The summed E-state index contributed by atoms with van der Waals surface area (Å²) in [5, 5.41) is 8.59. The molecule has 0 spiro atoms. The number of rotatable bonds is 3. The van der Waals surface area contributed by atoms with Gasteiger partial charge >= 0.3 is 5.97 Å². The number of hydrogen-bond donors (Lipinski definition) is 1. The summed E-state index contributed by atoms with van der Waals surface area (Å²) in [6.07, 6.45) is 0.596. The zero-order valence-corrected chi connectivity index (χ0v) is 8.34. The summed E-state index contributed by atoms with van der Waals surface area (Å²) in [7, 11) is 0. The molecule has 0 aliphatic carbocycles. The van der Waals surface area contributed by atoms with E-state index in [4.69, 9.17) is 28.3 Å². The Morgan fingerprint density at radius 1 is 1.43 bits per heavy atom. The van der Waals surface area contributed by atoms with Crippen LogP contribution in [0, 0.1) is 0 Å². The van der Waals surface area contributed by atoms with E-state index in [1.165, 1.54) is 12.3 Å². The molecule has 0 aromatic carbocycles. The van der Waals surface area contributed by atoms with Crippen LogP contribution in [0.2, 0.25) is 10.2 Å². The maximum absolute atomic E-state index is 11.3. The van der Waals surface area contributed by atoms with Crippen LogP contribution >= 0.6 is 23.2 Å². The van der Waals surface area contributed by atoms with Crippen molar-refractivity contribution in [3.8, 4) is 0 Å². The molecule has 0 bridgehead atoms. The van der Waals surface area contributed by atoms with Gasteiger partial charge in [0.2, 0.25) is 0 Å². The van der Waals surface area contributed by atoms with Crippen molar-refractivity contribution in [1.82, 2.24) is 4.98 Å². The minimum atomic E-state index is -1.21. The van der Waals surface area contributed by atoms with Crippen LogP contribution in [0.5, 0.6) is 0 Å². The maximum atomic E-state index is 11.3. The number of aliphatic carboxylic acids is 1. The first kappa shape index (κ1) is 10.9. The van der Waals surface area contributed by atoms with Crippen LogP contribution in [-0.2, 0) is 4.79 Å². The number of halogens is 2. The fourth-order valence-electron chi connectivity index (χ4n) is 0.859. The van der Waals surface area contributed by atoms with Crippen molar-refractivity contribution in [3.63, 3.8) is 0 Å². The Bertz CT molecular complexity index is 392. The molecule has 0 aliphatic heterocycles. The van der Waals surface area contributed by atoms with E-state index in [2.05, 4.69) is 4.98 Å². The summed E-state index contributed by atoms with van der Waals surface area (Å²) in [5.41, 5.74) is 0.0778. The number of Topliss-reactive ketones (excluding diaryl/α,β-unsaturated/α-hetero) is 1. The molecular weight excluding hydrogens is 229 g/mol. The van der Waals surface area contributed by atoms with E-state index in [-0.39, 0.29) is 15.7 Å². The molecule has 0 radical (unpaired) electrons. The molecule has 4 nitrogen and oxygen atoms in total. The summed E-state index contributed by atoms with van der Waals surface area (Å²) in [4.78, 5) is 25.2. The standard InChI is InChI=1S/C8H5Cl2NO3/c9-5-3-11-7(10)1-4(5)6(12)2-8(13)14/h1,3H,2H2,(H,13,14). The van der Waals surface area contributed by atoms with Crippen molar-refractivity contribution in [2.24, 2.45) is 0 Å². The van der Waals surface area contributed by atoms with Crippen LogP contribution in [0.4, 0.5) is 0 Å². The Balaban J connectivity index is 3.00. The highest BCUT2D eigenvalue weighted by atomic mass is 35.5. The van der Waals surface area contributed by atoms with Crippen LogP contribution < -0.4 is 0 Å². The maximum Gasteiger partial charge on any atom is 0.311 e. The third kappa shape index (κ3) is 2.68. The molecular formula is C8H5Cl2NO3. The van der Waals surface area contributed by atoms with Crippen LogP contribution in [0.25, 0.3) is 0 Å². The second kappa shape index (κ2) is 4.39. The SMILES string of the molecule is O=C(O)CC(=O)c1cc(Cl)ncc1Cl. The number of hydrogen-bond acceptors (Lipinski definition) is 3. The van der Waals surface area contributed by atoms with Crippen LogP contribution in [0.3, 0.4) is 0 Å². The number of aromatic nitrogens is 1. The Hall–Kier alpha value is -1.13. The molecule has 0 amide bonds. The second-order valence-corrected chi connectivity index (χ2v) is 3.28. The van der Waals surface area contributed by atoms with Gasteiger partial charge in [-0.3, -0.25) is 9.59 Å². The fraction of sp³-hybridized carbons (Fsp3) is 0.125. The van der Waals surface area contributed by atoms with Gasteiger partial charge in [-0.25, -0.2) is 4.98 Å². The average Bonchev–Trinajstić information content (AvgIpc) is 2.08. The van der Waals surface area contributed by atoms with Gasteiger partial charge in [0.25, 0.3) is 0 Å². The zero-order valence-electron chi connectivity index (χ0n) is 6.83. The Morgan fingerprint density at radius 2 is 2.07 bits per heavy atom. The van der Waals surface area contributed by atoms with Crippen molar-refractivity contribution in [3.05, 3.63) is 28.0 Å². The van der Waals surface area contributed by atoms with E-state index in [0.29, 0.717) is 0 Å². The van der Waals surface area contributed by atoms with Gasteiger partial charge in [0, 0.05) is 11.8 Å². The van der Waals surface area contributed by atoms with Crippen LogP contribution in [0.1, 0.15) is 16.8 Å². The summed E-state index contributed by atoms with van der Waals surface area (Å²) in [6.45, 7) is 0. The summed E-state index contributed by atoms with van der Waals surface area (Å²) < 4.78 is 0. The number of carboxylic acid groups (broad SMARTS) is 1. The molecule has 0 aliphatic rings. The minimum absolute atomic E-state index is 0.0778. The molecule has 1 N–H and O–H groups in total. The van der Waals surface area contributed by atoms with Crippen molar-refractivity contribution >= 4 is 35.0 Å². The van der Waals surface area contributed by atoms with Gasteiger partial charge in [-0.2, -0.15) is 0 Å². The Kier molecular flexibility index (Phi) is 3.43. The number of ketones is 1. The molecule has 6 heteroatoms. The van der Waals surface area contributed by atoms with Crippen molar-refractivity contribution in [2.75, 3.05) is 0 Å². The number of carbonyl (C=O) groups excluding carboxylic acids is 1. The molecule has 0 saturated heterocycles. The quantitative estimate of drug-likeness (QED) is 0.493. The van der Waals surface area contributed by atoms with Gasteiger partial charge in [-0.1, -0.05) is 23.2 Å². The normalized spacial score (nSPS) is 9.86. The van der Waals surface area contributed by atoms with E-state index < -0.39 is 18.2 Å². The first-order chi connectivity index (χ1) is 6.50. The Labute approximate surface area is 89.5 Å². The molecule has 0 unspecified atom stereocenters. The van der Waals surface area contributed by atoms with Crippen LogP contribution in [-0.4, -0.2) is 21.8 Å². The van der Waals surface area contributed by atoms with E-state index in [0.717, 1.165) is 0 Å². The van der Waals surface area contributed by atoms with Gasteiger partial charge in [0.1, 0.15) is 11.6 Å². The van der Waals surface area contributed by atoms with Crippen molar-refractivity contribution < 1.29 is 14.7 Å². The molecule has 1 aromatic heterocycles. The molecule has 0 fully saturated rings. The van der Waals surface area contributed by atoms with Gasteiger partial charge in [0.15, 0.2) is 5.78 Å². The van der Waals surface area contributed by atoms with Crippen molar-refractivity contribution in [2.45, 2.75) is 6.42 Å². The lowest BCUT2D eigenvalue weighted by molar-refractivity contribution is -0.135. The highest BCUT2D eigenvalue weighted by Gasteiger charge is 2.14. The summed E-state index contributed by atoms with van der Waals surface area (Å²) in [5.74, 6) is -1.80. The lowest BCUT2D eigenvalue weighted by atomic mass is 10.1. The first-order valence-electron chi connectivity index (χ1n) is 3.56. The third-order valence-electron chi connectivity index (χ3n) is 1.43. The van der Waals surface area contributed by atoms with Crippen molar-refractivity contribution in [1.29, 1.82) is 0 Å². The Morgan fingerprint density at radius 3 is 2.64 bits per heavy atom. The predicted molar refractivity (Wildman–Crippen MR) is 50.8 cm³/mol. The second-order valence-electron chi connectivity index (χ2n) is 2.48. The summed E-state index contributed by atoms with van der Waals surface area (Å²) >= 11 is 11.2. The number of pyridine rings is 1. The average molecular weight is 234 g/mol. The number of nitrogens with zero attached hydrogens (tertiary/aromatic N) is 1. The number of carbonyl (C=O) groups is 2. The smallest absolute Gasteiger partial charge is 0.311 e. The lowest BCUT2D eigenvalue weighted by Crippen LogP contribution is -2.07. The highest BCUT2D eigenvalue weighted by Crippen LogP contribution is 2.19. The van der Waals surface area contributed by atoms with Gasteiger partial charge in [0.05, 0.1) is 5.02 Å². The monoisotopic (exact) mass is 233 g/mol. The fourth-order valence-corrected chi connectivity index (χ4v) is 1.23. The predicted octanol–water partition coefficient (Wildman–Crippen LogP) is 2.05. The lowest BCUT2D eigenvalue weighted by Gasteiger charge is -2.00. The van der Waals surface area contributed by atoms with Gasteiger partial charge in [-0.15, -0.1) is 0 Å². The van der Waals surface area contributed by atoms with E-state index in [1.807, 2.05) is 0 Å². The van der Waals surface area contributed by atoms with E-state index in [9.17, 15) is 9.59 Å². The molecule has 74 valence electrons. The first-order valence-corrected chi connectivity index (χ1v) is 4.32. The summed E-state index contributed by atoms with van der Waals surface area (Å²) in [6, 6.07) is 1.25. The molecule has 1 aromatic rings. The largest absolute Gasteiger partial charge is 0.481 e. The number of carboxylic acids is 1. The molecule has 0 atom stereocenters. The van der Waals surface area contributed by atoms with Crippen LogP contribution in [0.15, 0.2) is 12.3 Å². The van der Waals surface area contributed by atoms with Gasteiger partial charge < -0.3 is 5.11 Å². The molecule has 1 rings (SSSR count). The third-order valence-corrected chi connectivity index (χ3v) is 1.94. The zero-order chi connectivity index (χ0) is 10.7. The topological polar surface area (TPSA) is 67.3 Å². The molecule has 14 heavy (non-hydrogen) atoms. The molecule has 0 saturated carbocycles.